The molecular weight excluding hydrogens is 738 g/mol. The molecular formula is C38H36FN5O8S2. The highest BCUT2D eigenvalue weighted by Crippen LogP contribution is 2.42. The number of halogens is 1. The number of fused-ring (bicyclic) bond motifs is 1. The van der Waals surface area contributed by atoms with Crippen molar-refractivity contribution in [3.05, 3.63) is 124 Å². The monoisotopic (exact) mass is 773 g/mol. The Morgan fingerprint density at radius 2 is 1.72 bits per heavy atom. The van der Waals surface area contributed by atoms with Gasteiger partial charge in [-0.25, -0.2) is 19.0 Å². The zero-order valence-corrected chi connectivity index (χ0v) is 31.0. The fraction of sp³-hybridized carbons (Fsp3) is 0.263. The predicted octanol–water partition coefficient (Wildman–Crippen LogP) is 4.99. The van der Waals surface area contributed by atoms with Crippen LogP contribution in [0.25, 0.3) is 0 Å². The zero-order chi connectivity index (χ0) is 38.4. The first-order chi connectivity index (χ1) is 25.9. The lowest BCUT2D eigenvalue weighted by atomic mass is 10.0. The molecule has 4 aromatic rings. The van der Waals surface area contributed by atoms with Gasteiger partial charge in [0.25, 0.3) is 11.8 Å². The molecule has 3 aromatic carbocycles. The van der Waals surface area contributed by atoms with Crippen molar-refractivity contribution in [3.8, 4) is 5.75 Å². The van der Waals surface area contributed by atoms with Crippen LogP contribution in [0.4, 0.5) is 9.52 Å². The topological polar surface area (TPSA) is 172 Å². The molecule has 3 heterocycles. The van der Waals surface area contributed by atoms with Crippen molar-refractivity contribution >= 4 is 57.7 Å². The first-order valence-corrected chi connectivity index (χ1v) is 18.6. The van der Waals surface area contributed by atoms with E-state index in [0.717, 1.165) is 11.3 Å². The van der Waals surface area contributed by atoms with E-state index in [0.29, 0.717) is 16.7 Å². The van der Waals surface area contributed by atoms with E-state index in [4.69, 9.17) is 24.8 Å². The number of carbonyl (C=O) groups is 4. The number of oxime groups is 1. The molecule has 0 radical (unpaired) electrons. The molecule has 54 heavy (non-hydrogen) atoms. The van der Waals surface area contributed by atoms with E-state index in [2.05, 4.69) is 15.5 Å². The molecule has 0 saturated carbocycles. The Balaban J connectivity index is 1.25. The summed E-state index contributed by atoms with van der Waals surface area (Å²) in [5.41, 5.74) is 6.59. The Labute approximate surface area is 318 Å². The summed E-state index contributed by atoms with van der Waals surface area (Å²) >= 11 is 2.34. The molecule has 2 aliphatic heterocycles. The summed E-state index contributed by atoms with van der Waals surface area (Å²) in [6.07, 6.45) is -0.817. The van der Waals surface area contributed by atoms with Gasteiger partial charge in [0.05, 0.1) is 0 Å². The van der Waals surface area contributed by atoms with Crippen LogP contribution in [-0.4, -0.2) is 75.3 Å². The van der Waals surface area contributed by atoms with Gasteiger partial charge < -0.3 is 30.1 Å². The molecule has 1 fully saturated rings. The van der Waals surface area contributed by atoms with Crippen LogP contribution in [0, 0.1) is 5.82 Å². The number of nitrogen functional groups attached to an aromatic ring is 1. The lowest BCUT2D eigenvalue weighted by molar-refractivity contribution is -0.160. The summed E-state index contributed by atoms with van der Waals surface area (Å²) in [6.45, 7) is 4.34. The molecule has 2 amide bonds. The van der Waals surface area contributed by atoms with Crippen LogP contribution in [0.2, 0.25) is 0 Å². The lowest BCUT2D eigenvalue weighted by Crippen LogP contribution is -2.71. The summed E-state index contributed by atoms with van der Waals surface area (Å²) in [4.78, 5) is 64.6. The van der Waals surface area contributed by atoms with E-state index < -0.39 is 59.3 Å². The highest BCUT2D eigenvalue weighted by atomic mass is 32.2. The summed E-state index contributed by atoms with van der Waals surface area (Å²) in [7, 11) is 0. The maximum Gasteiger partial charge on any atom is 0.356 e. The number of nitrogens with two attached hydrogens (primary N) is 1. The van der Waals surface area contributed by atoms with Crippen LogP contribution < -0.4 is 15.8 Å². The average Bonchev–Trinajstić information content (AvgIpc) is 3.58. The second kappa shape index (κ2) is 16.5. The Bertz CT molecular complexity index is 2050. The van der Waals surface area contributed by atoms with Crippen molar-refractivity contribution < 1.29 is 42.6 Å². The normalized spacial score (nSPS) is 17.0. The predicted molar refractivity (Wildman–Crippen MR) is 200 cm³/mol. The van der Waals surface area contributed by atoms with Crippen LogP contribution >= 0.6 is 23.1 Å². The summed E-state index contributed by atoms with van der Waals surface area (Å²) in [5, 5.41) is 7.44. The number of hydrogen-bond acceptors (Lipinski definition) is 13. The lowest BCUT2D eigenvalue weighted by Gasteiger charge is -2.49. The number of nitrogens with zero attached hydrogens (tertiary/aromatic N) is 3. The van der Waals surface area contributed by atoms with E-state index in [-0.39, 0.29) is 40.3 Å². The first kappa shape index (κ1) is 38.0. The van der Waals surface area contributed by atoms with Crippen molar-refractivity contribution in [2.45, 2.75) is 43.9 Å². The molecule has 0 spiro atoms. The SMILES string of the molecule is CC(C)(C)OC(=O)CO/N=C(/C(=O)NC1C(=O)N2C(C(=O)OC(c3ccccc3)c3ccccc3)=C(COc3cccc(F)c3)CS[C@H]12)c1csc(N)n1. The third-order valence-corrected chi connectivity index (χ3v) is 9.92. The summed E-state index contributed by atoms with van der Waals surface area (Å²) < 4.78 is 31.2. The van der Waals surface area contributed by atoms with Crippen LogP contribution in [0.15, 0.2) is 107 Å². The Hall–Kier alpha value is -5.74. The third kappa shape index (κ3) is 9.06. The number of aromatic nitrogens is 1. The molecule has 3 N–H and O–H groups in total. The van der Waals surface area contributed by atoms with Crippen LogP contribution in [0.1, 0.15) is 43.7 Å². The van der Waals surface area contributed by atoms with Crippen molar-refractivity contribution in [1.29, 1.82) is 0 Å². The van der Waals surface area contributed by atoms with Gasteiger partial charge in [0.15, 0.2) is 16.9 Å². The summed E-state index contributed by atoms with van der Waals surface area (Å²) in [6, 6.07) is 22.8. The quantitative estimate of drug-likeness (QED) is 0.0812. The number of amides is 2. The minimum Gasteiger partial charge on any atom is -0.489 e. The Kier molecular flexibility index (Phi) is 11.6. The number of nitrogens with one attached hydrogen (secondary N) is 1. The number of rotatable bonds is 13. The molecule has 2 atom stereocenters. The number of esters is 2. The number of carbonyl (C=O) groups excluding carboxylic acids is 4. The van der Waals surface area contributed by atoms with Crippen LogP contribution in [0.3, 0.4) is 0 Å². The number of anilines is 1. The number of benzene rings is 3. The maximum absolute atomic E-state index is 14.3. The number of thioether (sulfide) groups is 1. The Morgan fingerprint density at radius 3 is 2.33 bits per heavy atom. The molecule has 16 heteroatoms. The fourth-order valence-electron chi connectivity index (χ4n) is 5.59. The molecule has 1 aromatic heterocycles. The van der Waals surface area contributed by atoms with Gasteiger partial charge in [-0.05, 0) is 44.0 Å². The van der Waals surface area contributed by atoms with E-state index in [1.165, 1.54) is 40.2 Å². The first-order valence-electron chi connectivity index (χ1n) is 16.7. The van der Waals surface area contributed by atoms with E-state index in [1.54, 1.807) is 26.8 Å². The van der Waals surface area contributed by atoms with Gasteiger partial charge in [-0.15, -0.1) is 23.1 Å². The zero-order valence-electron chi connectivity index (χ0n) is 29.4. The highest BCUT2D eigenvalue weighted by molar-refractivity contribution is 8.00. The van der Waals surface area contributed by atoms with Crippen LogP contribution in [0.5, 0.6) is 5.75 Å². The van der Waals surface area contributed by atoms with E-state index in [1.807, 2.05) is 60.7 Å². The second-order valence-electron chi connectivity index (χ2n) is 13.0. The van der Waals surface area contributed by atoms with Gasteiger partial charge in [-0.3, -0.25) is 14.5 Å². The minimum atomic E-state index is -1.10. The van der Waals surface area contributed by atoms with Gasteiger partial charge in [0.1, 0.15) is 46.6 Å². The molecule has 1 unspecified atom stereocenters. The third-order valence-electron chi connectivity index (χ3n) is 7.90. The number of ether oxygens (including phenoxy) is 3. The number of hydrogen-bond donors (Lipinski definition) is 2. The van der Waals surface area contributed by atoms with E-state index >= 15 is 0 Å². The molecule has 6 rings (SSSR count). The van der Waals surface area contributed by atoms with Gasteiger partial charge >= 0.3 is 11.9 Å². The van der Waals surface area contributed by atoms with Crippen molar-refractivity contribution in [3.63, 3.8) is 0 Å². The minimum absolute atomic E-state index is 0.0376. The molecule has 2 aliphatic rings. The standard InChI is InChI=1S/C38H36FN5O8S2/c1-38(2,3)52-28(45)19-50-43-29(27-21-54-37(40)41-27)33(46)42-30-34(47)44-31(24(20-53-35(30)44)18-49-26-16-10-15-25(39)17-26)36(48)51-32(22-11-6-4-7-12-22)23-13-8-5-9-14-23/h4-17,21,30,32,35H,18-20H2,1-3H3,(H2,40,41)(H,42,46)/b43-29+/t30?,35-/m1/s1. The molecule has 1 saturated heterocycles. The summed E-state index contributed by atoms with van der Waals surface area (Å²) in [5.74, 6) is -2.98. The Morgan fingerprint density at radius 1 is 1.04 bits per heavy atom. The van der Waals surface area contributed by atoms with Crippen molar-refractivity contribution in [1.82, 2.24) is 15.2 Å². The molecule has 0 aliphatic carbocycles. The maximum atomic E-state index is 14.3. The largest absolute Gasteiger partial charge is 0.489 e. The van der Waals surface area contributed by atoms with Crippen LogP contribution in [-0.2, 0) is 33.5 Å². The molecule has 280 valence electrons. The molecule has 13 nitrogen and oxygen atoms in total. The van der Waals surface area contributed by atoms with E-state index in [9.17, 15) is 23.6 Å². The smallest absolute Gasteiger partial charge is 0.356 e. The van der Waals surface area contributed by atoms with Gasteiger partial charge in [0.2, 0.25) is 6.61 Å². The number of β-lactam (4-membered cyclic amide) rings is 1. The molecule has 0 bridgehead atoms. The van der Waals surface area contributed by atoms with Gasteiger partial charge in [-0.1, -0.05) is 71.9 Å². The number of thiazole rings is 1. The highest BCUT2D eigenvalue weighted by Gasteiger charge is 2.55. The van der Waals surface area contributed by atoms with Gasteiger partial charge in [-0.2, -0.15) is 0 Å². The van der Waals surface area contributed by atoms with Crippen molar-refractivity contribution in [2.24, 2.45) is 5.16 Å². The van der Waals surface area contributed by atoms with Crippen molar-refractivity contribution in [2.75, 3.05) is 24.7 Å². The average molecular weight is 774 g/mol. The van der Waals surface area contributed by atoms with Gasteiger partial charge in [0, 0.05) is 22.8 Å². The fourth-order valence-corrected chi connectivity index (χ4v) is 7.46. The second-order valence-corrected chi connectivity index (χ2v) is 15.0.